The highest BCUT2D eigenvalue weighted by Gasteiger charge is 2.17. The van der Waals surface area contributed by atoms with Crippen LogP contribution in [-0.2, 0) is 13.0 Å². The summed E-state index contributed by atoms with van der Waals surface area (Å²) in [5, 5.41) is 4.38. The Balaban J connectivity index is 1.68. The monoisotopic (exact) mass is 298 g/mol. The van der Waals surface area contributed by atoms with Gasteiger partial charge < -0.3 is 4.90 Å². The number of aryl methyl sites for hydroxylation is 1. The summed E-state index contributed by atoms with van der Waals surface area (Å²) in [4.78, 5) is 7.12. The molecule has 0 saturated carbocycles. The summed E-state index contributed by atoms with van der Waals surface area (Å²) in [6.07, 6.45) is 8.80. The van der Waals surface area contributed by atoms with E-state index >= 15 is 0 Å². The third-order valence-electron chi connectivity index (χ3n) is 4.49. The van der Waals surface area contributed by atoms with Gasteiger partial charge in [-0.05, 0) is 62.9 Å². The van der Waals surface area contributed by atoms with Crippen molar-refractivity contribution < 1.29 is 0 Å². The van der Waals surface area contributed by atoms with Crippen LogP contribution in [-0.4, -0.2) is 39.8 Å². The molecule has 0 spiro atoms. The lowest BCUT2D eigenvalue weighted by atomic mass is 9.92. The largest absolute Gasteiger partial charge is 0.306 e. The molecule has 2 aromatic heterocycles. The first kappa shape index (κ1) is 15.2. The van der Waals surface area contributed by atoms with Crippen LogP contribution in [0.25, 0.3) is 11.4 Å². The Morgan fingerprint density at radius 1 is 1.27 bits per heavy atom. The zero-order valence-corrected chi connectivity index (χ0v) is 13.7. The van der Waals surface area contributed by atoms with E-state index in [-0.39, 0.29) is 0 Å². The Morgan fingerprint density at radius 3 is 2.91 bits per heavy atom. The number of hydrogen-bond acceptors (Lipinski definition) is 3. The van der Waals surface area contributed by atoms with Crippen LogP contribution in [0.3, 0.4) is 0 Å². The average molecular weight is 298 g/mol. The molecule has 3 heterocycles. The first-order valence-electron chi connectivity index (χ1n) is 8.42. The smallest absolute Gasteiger partial charge is 0.0883 e. The van der Waals surface area contributed by atoms with E-state index in [4.69, 9.17) is 0 Å². The van der Waals surface area contributed by atoms with E-state index in [1.54, 1.807) is 0 Å². The Bertz CT molecular complexity index is 587. The van der Waals surface area contributed by atoms with Crippen molar-refractivity contribution in [3.8, 4) is 11.4 Å². The summed E-state index contributed by atoms with van der Waals surface area (Å²) in [5.74, 6) is 0.775. The SMILES string of the molecule is CCCn1nccc1-c1ccc(C[C@@H]2CCCN(C)C2)cn1. The van der Waals surface area contributed by atoms with Crippen LogP contribution in [0, 0.1) is 5.92 Å². The maximum absolute atomic E-state index is 4.67. The predicted molar refractivity (Wildman–Crippen MR) is 89.7 cm³/mol. The Morgan fingerprint density at radius 2 is 2.18 bits per heavy atom. The van der Waals surface area contributed by atoms with Crippen LogP contribution in [0.1, 0.15) is 31.7 Å². The van der Waals surface area contributed by atoms with Gasteiger partial charge in [-0.3, -0.25) is 9.67 Å². The van der Waals surface area contributed by atoms with Gasteiger partial charge in [0.05, 0.1) is 11.4 Å². The topological polar surface area (TPSA) is 34.0 Å². The summed E-state index contributed by atoms with van der Waals surface area (Å²) in [7, 11) is 2.22. The molecule has 4 heteroatoms. The van der Waals surface area contributed by atoms with Gasteiger partial charge >= 0.3 is 0 Å². The van der Waals surface area contributed by atoms with Crippen LogP contribution in [0.2, 0.25) is 0 Å². The third kappa shape index (κ3) is 3.55. The van der Waals surface area contributed by atoms with Crippen LogP contribution in [0.5, 0.6) is 0 Å². The minimum atomic E-state index is 0.775. The number of pyridine rings is 1. The molecule has 3 rings (SSSR count). The van der Waals surface area contributed by atoms with Gasteiger partial charge in [0.2, 0.25) is 0 Å². The van der Waals surface area contributed by atoms with Crippen molar-refractivity contribution >= 4 is 0 Å². The Labute approximate surface area is 133 Å². The molecule has 0 unspecified atom stereocenters. The lowest BCUT2D eigenvalue weighted by Crippen LogP contribution is -2.32. The maximum atomic E-state index is 4.67. The zero-order chi connectivity index (χ0) is 15.4. The fourth-order valence-electron chi connectivity index (χ4n) is 3.41. The Hall–Kier alpha value is -1.68. The van der Waals surface area contributed by atoms with Crippen molar-refractivity contribution in [1.29, 1.82) is 0 Å². The van der Waals surface area contributed by atoms with E-state index < -0.39 is 0 Å². The molecule has 2 aromatic rings. The second kappa shape index (κ2) is 7.05. The molecule has 22 heavy (non-hydrogen) atoms. The first-order chi connectivity index (χ1) is 10.8. The van der Waals surface area contributed by atoms with E-state index in [1.807, 2.05) is 23.1 Å². The number of likely N-dealkylation sites (tertiary alicyclic amines) is 1. The molecular formula is C18H26N4. The number of aromatic nitrogens is 3. The number of piperidine rings is 1. The van der Waals surface area contributed by atoms with Gasteiger partial charge in [0.1, 0.15) is 0 Å². The molecule has 0 bridgehead atoms. The summed E-state index contributed by atoms with van der Waals surface area (Å²) in [6, 6.07) is 6.43. The second-order valence-electron chi connectivity index (χ2n) is 6.47. The van der Waals surface area contributed by atoms with Gasteiger partial charge in [0.15, 0.2) is 0 Å². The molecule has 1 saturated heterocycles. The van der Waals surface area contributed by atoms with Gasteiger partial charge in [-0.25, -0.2) is 0 Å². The van der Waals surface area contributed by atoms with Crippen molar-refractivity contribution in [2.75, 3.05) is 20.1 Å². The second-order valence-corrected chi connectivity index (χ2v) is 6.47. The summed E-state index contributed by atoms with van der Waals surface area (Å²) in [5.41, 5.74) is 3.49. The van der Waals surface area contributed by atoms with Gasteiger partial charge in [-0.1, -0.05) is 13.0 Å². The molecule has 0 amide bonds. The highest BCUT2D eigenvalue weighted by molar-refractivity contribution is 5.54. The predicted octanol–water partition coefficient (Wildman–Crippen LogP) is 3.24. The summed E-state index contributed by atoms with van der Waals surface area (Å²) in [6.45, 7) is 5.57. The molecule has 0 N–H and O–H groups in total. The lowest BCUT2D eigenvalue weighted by Gasteiger charge is -2.29. The molecule has 4 nitrogen and oxygen atoms in total. The fourth-order valence-corrected chi connectivity index (χ4v) is 3.41. The third-order valence-corrected chi connectivity index (χ3v) is 4.49. The number of rotatable bonds is 5. The zero-order valence-electron chi connectivity index (χ0n) is 13.7. The molecule has 1 fully saturated rings. The van der Waals surface area contributed by atoms with E-state index in [0.717, 1.165) is 36.7 Å². The minimum Gasteiger partial charge on any atom is -0.306 e. The Kier molecular flexibility index (Phi) is 4.88. The molecule has 118 valence electrons. The fraction of sp³-hybridized carbons (Fsp3) is 0.556. The molecule has 1 aliphatic rings. The maximum Gasteiger partial charge on any atom is 0.0883 e. The molecule has 0 radical (unpaired) electrons. The van der Waals surface area contributed by atoms with Gasteiger partial charge in [0, 0.05) is 25.5 Å². The van der Waals surface area contributed by atoms with E-state index in [9.17, 15) is 0 Å². The molecular weight excluding hydrogens is 272 g/mol. The summed E-state index contributed by atoms with van der Waals surface area (Å²) >= 11 is 0. The van der Waals surface area contributed by atoms with Crippen molar-refractivity contribution in [3.05, 3.63) is 36.2 Å². The van der Waals surface area contributed by atoms with Crippen molar-refractivity contribution in [2.24, 2.45) is 5.92 Å². The number of nitrogens with zero attached hydrogens (tertiary/aromatic N) is 4. The van der Waals surface area contributed by atoms with Crippen LogP contribution >= 0.6 is 0 Å². The van der Waals surface area contributed by atoms with E-state index in [0.29, 0.717) is 0 Å². The molecule has 0 aliphatic carbocycles. The highest BCUT2D eigenvalue weighted by Crippen LogP contribution is 2.21. The summed E-state index contributed by atoms with van der Waals surface area (Å²) < 4.78 is 2.04. The van der Waals surface area contributed by atoms with Crippen molar-refractivity contribution in [2.45, 2.75) is 39.2 Å². The standard InChI is InChI=1S/C18H26N4/c1-3-10-22-18(8-9-20-22)17-7-6-15(13-19-17)12-16-5-4-11-21(2)14-16/h6-9,13,16H,3-5,10-12,14H2,1-2H3/t16-/m0/s1. The van der Waals surface area contributed by atoms with E-state index in [1.165, 1.54) is 31.5 Å². The first-order valence-corrected chi connectivity index (χ1v) is 8.42. The minimum absolute atomic E-state index is 0.775. The molecule has 0 aromatic carbocycles. The van der Waals surface area contributed by atoms with Crippen LogP contribution in [0.15, 0.2) is 30.6 Å². The normalized spacial score (nSPS) is 19.5. The van der Waals surface area contributed by atoms with Crippen molar-refractivity contribution in [3.63, 3.8) is 0 Å². The van der Waals surface area contributed by atoms with Gasteiger partial charge in [-0.15, -0.1) is 0 Å². The quantitative estimate of drug-likeness (QED) is 0.850. The highest BCUT2D eigenvalue weighted by atomic mass is 15.3. The van der Waals surface area contributed by atoms with Gasteiger partial charge in [0.25, 0.3) is 0 Å². The van der Waals surface area contributed by atoms with Crippen LogP contribution < -0.4 is 0 Å². The lowest BCUT2D eigenvalue weighted by molar-refractivity contribution is 0.209. The molecule has 1 aliphatic heterocycles. The molecule has 1 atom stereocenters. The van der Waals surface area contributed by atoms with Gasteiger partial charge in [-0.2, -0.15) is 5.10 Å². The number of hydrogen-bond donors (Lipinski definition) is 0. The van der Waals surface area contributed by atoms with Crippen LogP contribution in [0.4, 0.5) is 0 Å². The average Bonchev–Trinajstić information content (AvgIpc) is 2.97. The van der Waals surface area contributed by atoms with E-state index in [2.05, 4.69) is 41.1 Å². The van der Waals surface area contributed by atoms with Crippen molar-refractivity contribution in [1.82, 2.24) is 19.7 Å².